The fraction of sp³-hybridized carbons (Fsp3) is 0.533. The predicted molar refractivity (Wildman–Crippen MR) is 84.5 cm³/mol. The van der Waals surface area contributed by atoms with Gasteiger partial charge in [0.05, 0.1) is 17.1 Å². The van der Waals surface area contributed by atoms with Gasteiger partial charge in [-0.1, -0.05) is 45.1 Å². The fourth-order valence-electron chi connectivity index (χ4n) is 1.94. The van der Waals surface area contributed by atoms with Gasteiger partial charge in [0.2, 0.25) is 0 Å². The SMILES string of the molecule is CCCCCCCCOC(=O)c1cccc([N+](=O)[O-])c1Br. The Labute approximate surface area is 133 Å². The molecule has 21 heavy (non-hydrogen) atoms. The molecule has 0 aliphatic heterocycles. The summed E-state index contributed by atoms with van der Waals surface area (Å²) in [7, 11) is 0. The number of nitro benzene ring substituents is 1. The van der Waals surface area contributed by atoms with E-state index in [1.54, 1.807) is 0 Å². The summed E-state index contributed by atoms with van der Waals surface area (Å²) in [6.07, 6.45) is 6.65. The van der Waals surface area contributed by atoms with Gasteiger partial charge in [0.15, 0.2) is 0 Å². The van der Waals surface area contributed by atoms with Crippen molar-refractivity contribution in [1.29, 1.82) is 0 Å². The van der Waals surface area contributed by atoms with Gasteiger partial charge in [0.25, 0.3) is 5.69 Å². The number of hydrogen-bond donors (Lipinski definition) is 0. The van der Waals surface area contributed by atoms with Crippen LogP contribution in [-0.2, 0) is 4.74 Å². The number of rotatable bonds is 9. The third kappa shape index (κ3) is 5.83. The van der Waals surface area contributed by atoms with E-state index in [0.29, 0.717) is 6.61 Å². The topological polar surface area (TPSA) is 69.4 Å². The summed E-state index contributed by atoms with van der Waals surface area (Å²) in [6, 6.07) is 4.33. The zero-order valence-corrected chi connectivity index (χ0v) is 13.7. The number of ether oxygens (including phenoxy) is 1. The van der Waals surface area contributed by atoms with Crippen molar-refractivity contribution in [2.45, 2.75) is 45.4 Å². The Bertz CT molecular complexity index is 491. The Morgan fingerprint density at radius 2 is 1.90 bits per heavy atom. The van der Waals surface area contributed by atoms with Gasteiger partial charge in [-0.15, -0.1) is 0 Å². The van der Waals surface area contributed by atoms with Gasteiger partial charge in [0.1, 0.15) is 4.47 Å². The van der Waals surface area contributed by atoms with E-state index >= 15 is 0 Å². The molecule has 0 aliphatic carbocycles. The molecule has 0 N–H and O–H groups in total. The Hall–Kier alpha value is -1.43. The Kier molecular flexibility index (Phi) is 7.97. The normalized spacial score (nSPS) is 10.4. The van der Waals surface area contributed by atoms with Crippen molar-refractivity contribution >= 4 is 27.6 Å². The molecular formula is C15H20BrNO4. The van der Waals surface area contributed by atoms with Crippen LogP contribution in [0.1, 0.15) is 55.8 Å². The molecule has 116 valence electrons. The monoisotopic (exact) mass is 357 g/mol. The molecule has 0 aliphatic rings. The summed E-state index contributed by atoms with van der Waals surface area (Å²) in [6.45, 7) is 2.51. The summed E-state index contributed by atoms with van der Waals surface area (Å²) in [5.74, 6) is -0.529. The summed E-state index contributed by atoms with van der Waals surface area (Å²) in [5.41, 5.74) is 0.0548. The predicted octanol–water partition coefficient (Wildman–Crippen LogP) is 4.87. The quantitative estimate of drug-likeness (QED) is 0.273. The molecule has 0 radical (unpaired) electrons. The number of carbonyl (C=O) groups is 1. The Morgan fingerprint density at radius 3 is 2.57 bits per heavy atom. The zero-order valence-electron chi connectivity index (χ0n) is 12.1. The Morgan fingerprint density at radius 1 is 1.24 bits per heavy atom. The Balaban J connectivity index is 2.42. The van der Waals surface area contributed by atoms with Crippen molar-refractivity contribution in [3.63, 3.8) is 0 Å². The average Bonchev–Trinajstić information content (AvgIpc) is 2.46. The number of hydrogen-bond acceptors (Lipinski definition) is 4. The van der Waals surface area contributed by atoms with Gasteiger partial charge in [-0.2, -0.15) is 0 Å². The van der Waals surface area contributed by atoms with Gasteiger partial charge in [-0.3, -0.25) is 10.1 Å². The number of halogens is 1. The number of nitro groups is 1. The van der Waals surface area contributed by atoms with Crippen LogP contribution in [0.15, 0.2) is 22.7 Å². The zero-order chi connectivity index (χ0) is 15.7. The van der Waals surface area contributed by atoms with E-state index < -0.39 is 10.9 Å². The minimum absolute atomic E-state index is 0.135. The molecule has 0 atom stereocenters. The minimum Gasteiger partial charge on any atom is -0.462 e. The lowest BCUT2D eigenvalue weighted by atomic mass is 10.1. The fourth-order valence-corrected chi connectivity index (χ4v) is 2.51. The maximum atomic E-state index is 11.9. The molecule has 1 rings (SSSR count). The lowest BCUT2D eigenvalue weighted by molar-refractivity contribution is -0.385. The van der Waals surface area contributed by atoms with E-state index in [1.807, 2.05) is 0 Å². The number of esters is 1. The summed E-state index contributed by atoms with van der Waals surface area (Å²) >= 11 is 3.09. The highest BCUT2D eigenvalue weighted by molar-refractivity contribution is 9.10. The minimum atomic E-state index is -0.533. The van der Waals surface area contributed by atoms with Crippen molar-refractivity contribution in [2.75, 3.05) is 6.61 Å². The molecule has 0 fully saturated rings. The van der Waals surface area contributed by atoms with E-state index in [4.69, 9.17) is 4.74 Å². The molecule has 1 aromatic rings. The third-order valence-corrected chi connectivity index (χ3v) is 3.96. The summed E-state index contributed by atoms with van der Waals surface area (Å²) < 4.78 is 5.33. The van der Waals surface area contributed by atoms with Gasteiger partial charge in [0, 0.05) is 6.07 Å². The highest BCUT2D eigenvalue weighted by atomic mass is 79.9. The second kappa shape index (κ2) is 9.50. The maximum absolute atomic E-state index is 11.9. The average molecular weight is 358 g/mol. The van der Waals surface area contributed by atoms with Crippen molar-refractivity contribution in [1.82, 2.24) is 0 Å². The molecule has 0 amide bonds. The molecule has 1 aromatic carbocycles. The molecule has 0 bridgehead atoms. The first-order chi connectivity index (χ1) is 10.1. The lowest BCUT2D eigenvalue weighted by Gasteiger charge is -2.06. The van der Waals surface area contributed by atoms with E-state index in [0.717, 1.165) is 19.3 Å². The number of carbonyl (C=O) groups excluding carboxylic acids is 1. The van der Waals surface area contributed by atoms with Crippen molar-refractivity contribution in [3.8, 4) is 0 Å². The molecular weight excluding hydrogens is 338 g/mol. The highest BCUT2D eigenvalue weighted by Gasteiger charge is 2.20. The lowest BCUT2D eigenvalue weighted by Crippen LogP contribution is -2.08. The molecule has 6 heteroatoms. The van der Waals surface area contributed by atoms with Crippen molar-refractivity contribution in [2.24, 2.45) is 0 Å². The molecule has 0 saturated heterocycles. The van der Waals surface area contributed by atoms with Crippen LogP contribution < -0.4 is 0 Å². The van der Waals surface area contributed by atoms with E-state index in [9.17, 15) is 14.9 Å². The van der Waals surface area contributed by atoms with Crippen LogP contribution in [-0.4, -0.2) is 17.5 Å². The third-order valence-electron chi connectivity index (χ3n) is 3.13. The van der Waals surface area contributed by atoms with E-state index in [2.05, 4.69) is 22.9 Å². The van der Waals surface area contributed by atoms with Gasteiger partial charge < -0.3 is 4.74 Å². The first kappa shape index (κ1) is 17.6. The smallest absolute Gasteiger partial charge is 0.339 e. The van der Waals surface area contributed by atoms with Crippen LogP contribution >= 0.6 is 15.9 Å². The summed E-state index contributed by atoms with van der Waals surface area (Å²) in [4.78, 5) is 22.2. The second-order valence-electron chi connectivity index (χ2n) is 4.80. The van der Waals surface area contributed by atoms with Crippen LogP contribution in [0.2, 0.25) is 0 Å². The number of unbranched alkanes of at least 4 members (excludes halogenated alkanes) is 5. The van der Waals surface area contributed by atoms with Crippen LogP contribution in [0.5, 0.6) is 0 Å². The first-order valence-electron chi connectivity index (χ1n) is 7.18. The van der Waals surface area contributed by atoms with Crippen LogP contribution in [0.3, 0.4) is 0 Å². The standard InChI is InChI=1S/C15H20BrNO4/c1-2-3-4-5-6-7-11-21-15(18)12-9-8-10-13(14(12)16)17(19)20/h8-10H,2-7,11H2,1H3. The van der Waals surface area contributed by atoms with Crippen LogP contribution in [0.4, 0.5) is 5.69 Å². The number of benzene rings is 1. The van der Waals surface area contributed by atoms with Crippen molar-refractivity contribution in [3.05, 3.63) is 38.3 Å². The van der Waals surface area contributed by atoms with Gasteiger partial charge >= 0.3 is 5.97 Å². The van der Waals surface area contributed by atoms with Crippen molar-refractivity contribution < 1.29 is 14.5 Å². The van der Waals surface area contributed by atoms with Crippen LogP contribution in [0, 0.1) is 10.1 Å². The van der Waals surface area contributed by atoms with E-state index in [-0.39, 0.29) is 15.7 Å². The van der Waals surface area contributed by atoms with Gasteiger partial charge in [-0.25, -0.2) is 4.79 Å². The maximum Gasteiger partial charge on any atom is 0.339 e. The highest BCUT2D eigenvalue weighted by Crippen LogP contribution is 2.28. The largest absolute Gasteiger partial charge is 0.462 e. The molecule has 0 aromatic heterocycles. The molecule has 0 saturated carbocycles. The molecule has 0 heterocycles. The van der Waals surface area contributed by atoms with Crippen LogP contribution in [0.25, 0.3) is 0 Å². The van der Waals surface area contributed by atoms with Gasteiger partial charge in [-0.05, 0) is 28.4 Å². The first-order valence-corrected chi connectivity index (χ1v) is 7.97. The molecule has 5 nitrogen and oxygen atoms in total. The van der Waals surface area contributed by atoms with E-state index in [1.165, 1.54) is 37.5 Å². The molecule has 0 unspecified atom stereocenters. The second-order valence-corrected chi connectivity index (χ2v) is 5.59. The summed E-state index contributed by atoms with van der Waals surface area (Å²) in [5, 5.41) is 10.8. The molecule has 0 spiro atoms. The number of nitrogens with zero attached hydrogens (tertiary/aromatic N) is 1.